The maximum atomic E-state index is 13.2. The van der Waals surface area contributed by atoms with Crippen LogP contribution in [0.3, 0.4) is 0 Å². The maximum absolute atomic E-state index is 13.2. The summed E-state index contributed by atoms with van der Waals surface area (Å²) < 4.78 is 16.9. The van der Waals surface area contributed by atoms with Gasteiger partial charge in [0.05, 0.1) is 24.5 Å². The van der Waals surface area contributed by atoms with Crippen LogP contribution < -0.4 is 19.7 Å². The van der Waals surface area contributed by atoms with Crippen LogP contribution in [0.15, 0.2) is 30.4 Å². The molecule has 0 saturated carbocycles. The lowest BCUT2D eigenvalue weighted by Crippen LogP contribution is -2.45. The molecule has 4 aliphatic heterocycles. The van der Waals surface area contributed by atoms with E-state index in [2.05, 4.69) is 5.32 Å². The first-order chi connectivity index (χ1) is 12.5. The van der Waals surface area contributed by atoms with E-state index >= 15 is 0 Å². The lowest BCUT2D eigenvalue weighted by Gasteiger charge is -2.24. The van der Waals surface area contributed by atoms with Crippen molar-refractivity contribution in [3.8, 4) is 11.5 Å². The zero-order valence-corrected chi connectivity index (χ0v) is 14.6. The molecule has 2 bridgehead atoms. The van der Waals surface area contributed by atoms with E-state index in [1.54, 1.807) is 17.0 Å². The van der Waals surface area contributed by atoms with Crippen molar-refractivity contribution in [3.63, 3.8) is 0 Å². The van der Waals surface area contributed by atoms with Crippen LogP contribution in [-0.4, -0.2) is 42.9 Å². The van der Waals surface area contributed by atoms with E-state index in [-0.39, 0.29) is 30.8 Å². The Labute approximate surface area is 150 Å². The van der Waals surface area contributed by atoms with Gasteiger partial charge in [0.1, 0.15) is 5.60 Å². The molecule has 0 aromatic heterocycles. The zero-order chi connectivity index (χ0) is 18.1. The molecule has 7 nitrogen and oxygen atoms in total. The molecule has 2 saturated heterocycles. The molecule has 136 valence electrons. The molecular weight excluding hydrogens is 336 g/mol. The van der Waals surface area contributed by atoms with Crippen LogP contribution >= 0.6 is 0 Å². The van der Waals surface area contributed by atoms with Gasteiger partial charge in [-0.3, -0.25) is 9.59 Å². The second-order valence-electron chi connectivity index (χ2n) is 7.53. The van der Waals surface area contributed by atoms with Gasteiger partial charge in [0.15, 0.2) is 11.5 Å². The van der Waals surface area contributed by atoms with E-state index in [9.17, 15) is 9.59 Å². The SMILES string of the molecule is CC(C)NC(=O)C1C2C=C[C@@]3(CN(c4ccc5c(c4)OCO5)C(=O)C13)O2. The summed E-state index contributed by atoms with van der Waals surface area (Å²) in [4.78, 5) is 27.6. The Morgan fingerprint density at radius 2 is 2.12 bits per heavy atom. The normalized spacial score (nSPS) is 33.3. The molecule has 1 aromatic carbocycles. The highest BCUT2D eigenvalue weighted by Gasteiger charge is 2.67. The molecule has 2 amide bonds. The number of nitrogens with zero attached hydrogens (tertiary/aromatic N) is 1. The summed E-state index contributed by atoms with van der Waals surface area (Å²) in [5.41, 5.74) is 0.00314. The summed E-state index contributed by atoms with van der Waals surface area (Å²) in [5, 5.41) is 2.93. The number of carbonyl (C=O) groups is 2. The molecule has 26 heavy (non-hydrogen) atoms. The Morgan fingerprint density at radius 3 is 2.92 bits per heavy atom. The van der Waals surface area contributed by atoms with Crippen molar-refractivity contribution >= 4 is 17.5 Å². The van der Waals surface area contributed by atoms with Gasteiger partial charge in [-0.05, 0) is 26.0 Å². The minimum atomic E-state index is -0.725. The second-order valence-corrected chi connectivity index (χ2v) is 7.53. The van der Waals surface area contributed by atoms with Crippen molar-refractivity contribution in [3.05, 3.63) is 30.4 Å². The molecule has 1 aromatic rings. The molecular formula is C19H20N2O5. The van der Waals surface area contributed by atoms with Crippen LogP contribution in [0.25, 0.3) is 0 Å². The number of hydrogen-bond acceptors (Lipinski definition) is 5. The van der Waals surface area contributed by atoms with Crippen LogP contribution in [0.1, 0.15) is 13.8 Å². The third kappa shape index (κ3) is 2.03. The number of hydrogen-bond donors (Lipinski definition) is 1. The van der Waals surface area contributed by atoms with Crippen molar-refractivity contribution in [2.75, 3.05) is 18.2 Å². The highest BCUT2D eigenvalue weighted by molar-refractivity contribution is 6.03. The van der Waals surface area contributed by atoms with Crippen LogP contribution in [-0.2, 0) is 14.3 Å². The second kappa shape index (κ2) is 5.23. The number of ether oxygens (including phenoxy) is 3. The Kier molecular flexibility index (Phi) is 3.16. The van der Waals surface area contributed by atoms with Gasteiger partial charge in [0.25, 0.3) is 0 Å². The summed E-state index contributed by atoms with van der Waals surface area (Å²) in [5.74, 6) is 0.0991. The van der Waals surface area contributed by atoms with Gasteiger partial charge < -0.3 is 24.4 Å². The molecule has 4 aliphatic rings. The van der Waals surface area contributed by atoms with E-state index in [0.717, 1.165) is 5.69 Å². The standard InChI is InChI=1S/C19H20N2O5/c1-10(2)20-17(22)15-13-5-6-19(26-13)8-21(18(23)16(15)19)11-3-4-12-14(7-11)25-9-24-12/h3-7,10,13,15-16H,8-9H2,1-2H3,(H,20,22)/t13?,15?,16?,19-/m0/s1. The van der Waals surface area contributed by atoms with Crippen molar-refractivity contribution in [2.24, 2.45) is 11.8 Å². The van der Waals surface area contributed by atoms with Crippen molar-refractivity contribution in [1.29, 1.82) is 0 Å². The number of benzene rings is 1. The third-order valence-electron chi connectivity index (χ3n) is 5.50. The first-order valence-corrected chi connectivity index (χ1v) is 8.87. The number of anilines is 1. The first kappa shape index (κ1) is 15.7. The first-order valence-electron chi connectivity index (χ1n) is 8.87. The van der Waals surface area contributed by atoms with E-state index < -0.39 is 17.4 Å². The number of carbonyl (C=O) groups excluding carboxylic acids is 2. The van der Waals surface area contributed by atoms with Gasteiger partial charge in [-0.1, -0.05) is 12.2 Å². The molecule has 2 fully saturated rings. The number of rotatable bonds is 3. The fourth-order valence-electron chi connectivity index (χ4n) is 4.45. The summed E-state index contributed by atoms with van der Waals surface area (Å²) in [6.07, 6.45) is 3.53. The molecule has 0 radical (unpaired) electrons. The maximum Gasteiger partial charge on any atom is 0.234 e. The summed E-state index contributed by atoms with van der Waals surface area (Å²) >= 11 is 0. The average molecular weight is 356 g/mol. The number of nitrogens with one attached hydrogen (secondary N) is 1. The van der Waals surface area contributed by atoms with Crippen LogP contribution in [0.4, 0.5) is 5.69 Å². The third-order valence-corrected chi connectivity index (χ3v) is 5.50. The molecule has 5 rings (SSSR count). The average Bonchev–Trinajstić information content (AvgIpc) is 3.33. The van der Waals surface area contributed by atoms with E-state index in [1.165, 1.54) is 0 Å². The van der Waals surface area contributed by atoms with Gasteiger partial charge in [0.2, 0.25) is 18.6 Å². The van der Waals surface area contributed by atoms with Crippen molar-refractivity contribution in [2.45, 2.75) is 31.6 Å². The van der Waals surface area contributed by atoms with Gasteiger partial charge in [-0.2, -0.15) is 0 Å². The zero-order valence-electron chi connectivity index (χ0n) is 14.6. The monoisotopic (exact) mass is 356 g/mol. The molecule has 1 spiro atoms. The summed E-state index contributed by atoms with van der Waals surface area (Å²) in [6.45, 7) is 4.40. The molecule has 3 unspecified atom stereocenters. The molecule has 4 heterocycles. The van der Waals surface area contributed by atoms with Gasteiger partial charge in [0, 0.05) is 17.8 Å². The van der Waals surface area contributed by atoms with Crippen LogP contribution in [0.5, 0.6) is 11.5 Å². The Hall–Kier alpha value is -2.54. The van der Waals surface area contributed by atoms with E-state index in [1.807, 2.05) is 32.1 Å². The molecule has 4 atom stereocenters. The highest BCUT2D eigenvalue weighted by Crippen LogP contribution is 2.53. The highest BCUT2D eigenvalue weighted by atomic mass is 16.7. The molecule has 7 heteroatoms. The fourth-order valence-corrected chi connectivity index (χ4v) is 4.45. The van der Waals surface area contributed by atoms with Crippen molar-refractivity contribution in [1.82, 2.24) is 5.32 Å². The smallest absolute Gasteiger partial charge is 0.234 e. The topological polar surface area (TPSA) is 77.1 Å². The van der Waals surface area contributed by atoms with Crippen LogP contribution in [0.2, 0.25) is 0 Å². The van der Waals surface area contributed by atoms with Gasteiger partial charge in [-0.15, -0.1) is 0 Å². The van der Waals surface area contributed by atoms with Crippen LogP contribution in [0, 0.1) is 11.8 Å². The quantitative estimate of drug-likeness (QED) is 0.825. The largest absolute Gasteiger partial charge is 0.454 e. The number of fused-ring (bicyclic) bond motifs is 2. The van der Waals surface area contributed by atoms with Crippen molar-refractivity contribution < 1.29 is 23.8 Å². The van der Waals surface area contributed by atoms with E-state index in [4.69, 9.17) is 14.2 Å². The van der Waals surface area contributed by atoms with E-state index in [0.29, 0.717) is 18.0 Å². The summed E-state index contributed by atoms with van der Waals surface area (Å²) in [7, 11) is 0. The lowest BCUT2D eigenvalue weighted by atomic mass is 9.76. The minimum absolute atomic E-state index is 0.0167. The Morgan fingerprint density at radius 1 is 1.31 bits per heavy atom. The van der Waals surface area contributed by atoms with Gasteiger partial charge >= 0.3 is 0 Å². The Balaban J connectivity index is 1.48. The van der Waals surface area contributed by atoms with Gasteiger partial charge in [-0.25, -0.2) is 0 Å². The minimum Gasteiger partial charge on any atom is -0.454 e. The summed E-state index contributed by atoms with van der Waals surface area (Å²) in [6, 6.07) is 5.45. The fraction of sp³-hybridized carbons (Fsp3) is 0.474. The predicted molar refractivity (Wildman–Crippen MR) is 91.9 cm³/mol. The predicted octanol–water partition coefficient (Wildman–Crippen LogP) is 1.23. The molecule has 0 aliphatic carbocycles. The Bertz CT molecular complexity index is 835. The number of amides is 2. The lowest BCUT2D eigenvalue weighted by molar-refractivity contribution is -0.132. The molecule has 1 N–H and O–H groups in total.